The summed E-state index contributed by atoms with van der Waals surface area (Å²) >= 11 is 13.8. The number of aromatic nitrogens is 8. The minimum atomic E-state index is -4.79. The molecular weight excluding hydrogens is 1130 g/mol. The van der Waals surface area contributed by atoms with Crippen molar-refractivity contribution < 1.29 is 57.8 Å². The van der Waals surface area contributed by atoms with Crippen molar-refractivity contribution in [2.24, 2.45) is 9.98 Å². The SMILES string of the molecule is O=C(/C=C/c1cn([C@H]2CC(O)[C@@H](CO)O2)c(=O)[nH]c1=O)NCCCc1nc2c(c(=O)[nH]1)N=CC2.O=C(/C=C/c1cn([C@H]2CC(O)[C@@H](COP(=O)(O)O)O2)c(=O)[nH]c1=O)NCCCc1nc2c(c(=O)[nH]1)N=CC2.O=P(Cl)(Cl)Cl. The number of fused-ring (bicyclic) bond motifs is 2. The lowest BCUT2D eigenvalue weighted by Gasteiger charge is -2.16. The molecule has 0 radical (unpaired) electrons. The van der Waals surface area contributed by atoms with Crippen LogP contribution in [0.1, 0.15) is 72.3 Å². The molecule has 6 atom stereocenters. The first-order valence-electron chi connectivity index (χ1n) is 22.9. The minimum Gasteiger partial charge on any atom is -0.394 e. The van der Waals surface area contributed by atoms with Crippen molar-refractivity contribution in [1.29, 1.82) is 0 Å². The highest BCUT2D eigenvalue weighted by Crippen LogP contribution is 2.61. The zero-order chi connectivity index (χ0) is 56.2. The first kappa shape index (κ1) is 60.1. The number of hydrogen-bond acceptors (Lipinski definition) is 20. The number of hydrogen-bond donors (Lipinski definition) is 11. The normalized spacial score (nSPS) is 20.4. The van der Waals surface area contributed by atoms with Crippen LogP contribution in [0.25, 0.3) is 12.2 Å². The number of aliphatic imine (C=N–C) groups is 2. The van der Waals surface area contributed by atoms with Gasteiger partial charge in [0.05, 0.1) is 47.9 Å². The molecule has 0 bridgehead atoms. The van der Waals surface area contributed by atoms with Crippen molar-refractivity contribution in [2.75, 3.05) is 26.3 Å². The van der Waals surface area contributed by atoms with E-state index in [-0.39, 0.29) is 41.6 Å². The molecule has 30 nitrogen and oxygen atoms in total. The summed E-state index contributed by atoms with van der Waals surface area (Å²) in [6.07, 6.45) is 7.25. The second-order valence-corrected chi connectivity index (χ2v) is 24.7. The summed E-state index contributed by atoms with van der Waals surface area (Å²) in [6, 6.07) is 0. The second-order valence-electron chi connectivity index (χ2n) is 16.8. The molecule has 2 fully saturated rings. The molecule has 4 aliphatic heterocycles. The lowest BCUT2D eigenvalue weighted by atomic mass is 10.2. The summed E-state index contributed by atoms with van der Waals surface area (Å²) in [6.45, 7) is -0.440. The molecule has 2 amide bonds. The third kappa shape index (κ3) is 18.0. The number of carbonyl (C=O) groups is 2. The van der Waals surface area contributed by atoms with Crippen LogP contribution in [-0.4, -0.2) is 139 Å². The van der Waals surface area contributed by atoms with Crippen LogP contribution >= 0.6 is 46.7 Å². The Hall–Kier alpha value is -6.11. The van der Waals surface area contributed by atoms with Crippen LogP contribution < -0.4 is 44.3 Å². The van der Waals surface area contributed by atoms with Gasteiger partial charge in [-0.2, -0.15) is 0 Å². The minimum absolute atomic E-state index is 0.0439. The average Bonchev–Trinajstić information content (AvgIpc) is 4.18. The molecule has 0 aromatic carbocycles. The molecule has 8 heterocycles. The molecular formula is C42H49Cl3N12O18P2. The van der Waals surface area contributed by atoms with E-state index in [9.17, 15) is 62.8 Å². The van der Waals surface area contributed by atoms with Gasteiger partial charge in [-0.05, 0) is 58.7 Å². The van der Waals surface area contributed by atoms with Crippen molar-refractivity contribution in [2.45, 2.75) is 88.2 Å². The Balaban J connectivity index is 0.000000230. The Bertz CT molecular complexity index is 3410. The Kier molecular flexibility index (Phi) is 21.1. The van der Waals surface area contributed by atoms with Crippen molar-refractivity contribution in [3.05, 3.63) is 121 Å². The molecule has 8 rings (SSSR count). The van der Waals surface area contributed by atoms with Crippen LogP contribution in [0.15, 0.2) is 63.3 Å². The fourth-order valence-electron chi connectivity index (χ4n) is 7.67. The molecule has 4 aromatic rings. The van der Waals surface area contributed by atoms with Gasteiger partial charge >= 0.3 is 24.4 Å². The van der Waals surface area contributed by atoms with Crippen LogP contribution in [0.3, 0.4) is 0 Å². The van der Waals surface area contributed by atoms with Gasteiger partial charge in [-0.1, -0.05) is 0 Å². The third-order valence-corrected chi connectivity index (χ3v) is 11.7. The van der Waals surface area contributed by atoms with Gasteiger partial charge in [0.25, 0.3) is 22.2 Å². The van der Waals surface area contributed by atoms with Crippen LogP contribution in [-0.2, 0) is 58.4 Å². The maximum Gasteiger partial charge on any atom is 0.469 e. The summed E-state index contributed by atoms with van der Waals surface area (Å²) in [5.41, 5.74) is -1.68. The summed E-state index contributed by atoms with van der Waals surface area (Å²) in [5.74, 6) is 0.0603. The molecule has 2 saturated heterocycles. The number of H-pyrrole nitrogens is 4. The number of carbonyl (C=O) groups excluding carboxylic acids is 2. The largest absolute Gasteiger partial charge is 0.469 e. The Morgan fingerprint density at radius 3 is 1.52 bits per heavy atom. The molecule has 416 valence electrons. The Morgan fingerprint density at radius 1 is 0.701 bits per heavy atom. The van der Waals surface area contributed by atoms with Crippen molar-refractivity contribution in [3.63, 3.8) is 0 Å². The fraction of sp³-hybridized carbons (Fsp3) is 0.429. The number of nitrogens with one attached hydrogen (secondary N) is 6. The topological polar surface area (TPSA) is 447 Å². The van der Waals surface area contributed by atoms with Crippen LogP contribution in [0.2, 0.25) is 0 Å². The number of aliphatic hydroxyl groups excluding tert-OH is 3. The molecule has 11 N–H and O–H groups in total. The van der Waals surface area contributed by atoms with Gasteiger partial charge in [-0.15, -0.1) is 0 Å². The van der Waals surface area contributed by atoms with E-state index in [0.717, 1.165) is 27.5 Å². The fourth-order valence-corrected chi connectivity index (χ4v) is 8.01. The molecule has 35 heteroatoms. The zero-order valence-corrected chi connectivity index (χ0v) is 43.9. The van der Waals surface area contributed by atoms with E-state index in [2.05, 4.69) is 88.8 Å². The van der Waals surface area contributed by atoms with E-state index in [0.29, 0.717) is 79.5 Å². The van der Waals surface area contributed by atoms with E-state index in [4.69, 9.17) is 19.3 Å². The first-order valence-corrected chi connectivity index (χ1v) is 28.9. The number of rotatable bonds is 18. The number of aryl methyl sites for hydroxylation is 2. The molecule has 0 spiro atoms. The predicted molar refractivity (Wildman–Crippen MR) is 276 cm³/mol. The number of aliphatic hydroxyl groups is 3. The van der Waals surface area contributed by atoms with E-state index < -0.39 is 97.4 Å². The quantitative estimate of drug-likeness (QED) is 0.0339. The van der Waals surface area contributed by atoms with Crippen LogP contribution in [0, 0.1) is 0 Å². The Morgan fingerprint density at radius 2 is 1.12 bits per heavy atom. The number of halogens is 3. The third-order valence-electron chi connectivity index (χ3n) is 11.3. The van der Waals surface area contributed by atoms with Gasteiger partial charge in [0.15, 0.2) is 0 Å². The van der Waals surface area contributed by atoms with Crippen molar-refractivity contribution >= 4 is 94.5 Å². The van der Waals surface area contributed by atoms with Crippen molar-refractivity contribution in [3.8, 4) is 0 Å². The maximum atomic E-state index is 12.3. The van der Waals surface area contributed by atoms with Gasteiger partial charge in [0.2, 0.25) is 11.8 Å². The van der Waals surface area contributed by atoms with Crippen LogP contribution in [0.5, 0.6) is 0 Å². The highest BCUT2D eigenvalue weighted by molar-refractivity contribution is 8.24. The Labute approximate surface area is 445 Å². The average molecular weight is 1180 g/mol. The maximum absolute atomic E-state index is 12.3. The van der Waals surface area contributed by atoms with Gasteiger partial charge in [-0.25, -0.2) is 24.1 Å². The highest BCUT2D eigenvalue weighted by Gasteiger charge is 2.38. The molecule has 77 heavy (non-hydrogen) atoms. The molecule has 4 aliphatic rings. The number of phosphoric ester groups is 1. The predicted octanol–water partition coefficient (Wildman–Crippen LogP) is -0.510. The van der Waals surface area contributed by atoms with E-state index >= 15 is 0 Å². The highest BCUT2D eigenvalue weighted by atomic mass is 36.0. The second kappa shape index (κ2) is 27.0. The summed E-state index contributed by atoms with van der Waals surface area (Å²) in [7, 11) is -4.79. The zero-order valence-electron chi connectivity index (χ0n) is 39.8. The molecule has 0 aliphatic carbocycles. The molecule has 2 unspecified atom stereocenters. The number of nitrogens with zero attached hydrogens (tertiary/aromatic N) is 6. The van der Waals surface area contributed by atoms with E-state index in [1.165, 1.54) is 18.3 Å². The smallest absolute Gasteiger partial charge is 0.394 e. The van der Waals surface area contributed by atoms with Crippen molar-refractivity contribution in [1.82, 2.24) is 49.7 Å². The lowest BCUT2D eigenvalue weighted by Crippen LogP contribution is -2.33. The van der Waals surface area contributed by atoms with Gasteiger partial charge in [-0.3, -0.25) is 66.9 Å². The van der Waals surface area contributed by atoms with Gasteiger partial charge < -0.3 is 55.2 Å². The van der Waals surface area contributed by atoms with Gasteiger partial charge in [0.1, 0.15) is 47.7 Å². The monoisotopic (exact) mass is 1180 g/mol. The summed E-state index contributed by atoms with van der Waals surface area (Å²) in [4.78, 5) is 141. The number of amides is 2. The first-order chi connectivity index (χ1) is 36.3. The van der Waals surface area contributed by atoms with Gasteiger partial charge in [0, 0.05) is 88.6 Å². The van der Waals surface area contributed by atoms with E-state index in [1.807, 2.05) is 0 Å². The van der Waals surface area contributed by atoms with Crippen LogP contribution in [0.4, 0.5) is 11.4 Å². The number of aromatic amines is 4. The standard InChI is InChI=1S/C21H25N6O10P.C21H24N6O7.Cl3OP/c28-13-8-17(37-14(13)10-36-38(33,34)35)27-9-11(19(30)26-21(27)32)3-4-16(29)22-6-1-2-15-24-12-5-7-23-18(12)20(31)25-15;28-10-14-13(29)8-17(34-14)27-9-11(19(31)26-21(27)33)3-4-16(30)22-6-1-2-15-24-12-5-7-23-18(12)20(32)25-15;1-5(2,3)4/h3-4,7,9,13-14,17,28H,1-2,5-6,8,10H2,(H,22,29)(H,24,25,31)(H,26,30,32)(H2,33,34,35);3-4,7,9,13-14,17,28-29H,1-2,5-6,8,10H2,(H,22,30)(H,24,25,32)(H,26,31,33);/b2*4-3+;/t2*13?,14-,17-;/m11./s1. The lowest BCUT2D eigenvalue weighted by molar-refractivity contribution is -0.117. The summed E-state index contributed by atoms with van der Waals surface area (Å²) in [5, 5.41) is 31.3. The number of ether oxygens (including phenoxy) is 2. The number of phosphoric acid groups is 1. The molecule has 0 saturated carbocycles. The summed E-state index contributed by atoms with van der Waals surface area (Å²) < 4.78 is 37.8. The molecule has 4 aromatic heterocycles. The van der Waals surface area contributed by atoms with E-state index in [1.54, 1.807) is 12.4 Å².